The first-order chi connectivity index (χ1) is 5.33. The quantitative estimate of drug-likeness (QED) is 0.344. The first-order valence-corrected chi connectivity index (χ1v) is 3.19. The minimum Gasteiger partial charge on any atom is -0.481 e. The summed E-state index contributed by atoms with van der Waals surface area (Å²) in [4.78, 5) is 6.58. The Morgan fingerprint density at radius 1 is 2.00 bits per heavy atom. The molecule has 1 atom stereocenters. The van der Waals surface area contributed by atoms with E-state index in [2.05, 4.69) is 21.6 Å². The number of hydrogen-bond donors (Lipinski definition) is 0. The molecular weight excluding hydrogens is 144 g/mol. The SMILES string of the molecule is C=C(CC1COC=N1)N=[N+]=[N-]. The van der Waals surface area contributed by atoms with Gasteiger partial charge in [0.05, 0.1) is 6.04 Å². The van der Waals surface area contributed by atoms with Crippen molar-refractivity contribution in [1.82, 2.24) is 0 Å². The average Bonchev–Trinajstić information content (AvgIpc) is 2.40. The second-order valence-corrected chi connectivity index (χ2v) is 2.20. The van der Waals surface area contributed by atoms with Crippen LogP contribution in [0.15, 0.2) is 22.4 Å². The molecule has 0 N–H and O–H groups in total. The molecular formula is C6H8N4O. The molecule has 0 aromatic heterocycles. The zero-order valence-electron chi connectivity index (χ0n) is 5.97. The highest BCUT2D eigenvalue weighted by atomic mass is 16.5. The third kappa shape index (κ3) is 2.31. The van der Waals surface area contributed by atoms with Crippen LogP contribution in [0, 0.1) is 0 Å². The number of azide groups is 1. The molecule has 1 heterocycles. The summed E-state index contributed by atoms with van der Waals surface area (Å²) >= 11 is 0. The van der Waals surface area contributed by atoms with E-state index in [9.17, 15) is 0 Å². The van der Waals surface area contributed by atoms with Crippen molar-refractivity contribution >= 4 is 6.40 Å². The van der Waals surface area contributed by atoms with Crippen molar-refractivity contribution < 1.29 is 4.74 Å². The number of hydrogen-bond acceptors (Lipinski definition) is 3. The molecule has 5 heteroatoms. The van der Waals surface area contributed by atoms with Crippen molar-refractivity contribution in [2.45, 2.75) is 12.5 Å². The van der Waals surface area contributed by atoms with E-state index in [-0.39, 0.29) is 6.04 Å². The van der Waals surface area contributed by atoms with Gasteiger partial charge in [-0.15, -0.1) is 0 Å². The lowest BCUT2D eigenvalue weighted by molar-refractivity contribution is 0.327. The smallest absolute Gasteiger partial charge is 0.169 e. The van der Waals surface area contributed by atoms with E-state index < -0.39 is 0 Å². The van der Waals surface area contributed by atoms with E-state index in [1.54, 1.807) is 0 Å². The Balaban J connectivity index is 2.35. The van der Waals surface area contributed by atoms with Crippen LogP contribution in [0.2, 0.25) is 0 Å². The summed E-state index contributed by atoms with van der Waals surface area (Å²) in [6.45, 7) is 4.11. The summed E-state index contributed by atoms with van der Waals surface area (Å²) < 4.78 is 4.87. The maximum Gasteiger partial charge on any atom is 0.169 e. The molecule has 0 aromatic carbocycles. The molecule has 0 fully saturated rings. The van der Waals surface area contributed by atoms with Crippen molar-refractivity contribution in [3.8, 4) is 0 Å². The molecule has 0 bridgehead atoms. The summed E-state index contributed by atoms with van der Waals surface area (Å²) in [5, 5.41) is 3.34. The fourth-order valence-corrected chi connectivity index (χ4v) is 0.814. The van der Waals surface area contributed by atoms with Gasteiger partial charge in [-0.3, -0.25) is 4.99 Å². The van der Waals surface area contributed by atoms with Gasteiger partial charge in [0.2, 0.25) is 0 Å². The standard InChI is InChI=1S/C6H8N4O/c1-5(9-10-7)2-6-3-11-4-8-6/h4,6H,1-3H2. The van der Waals surface area contributed by atoms with Crippen LogP contribution >= 0.6 is 0 Å². The Labute approximate surface area is 64.0 Å². The molecule has 0 aliphatic carbocycles. The molecule has 11 heavy (non-hydrogen) atoms. The highest BCUT2D eigenvalue weighted by molar-refractivity contribution is 5.49. The first kappa shape index (κ1) is 7.63. The predicted molar refractivity (Wildman–Crippen MR) is 41.1 cm³/mol. The third-order valence-electron chi connectivity index (χ3n) is 1.29. The maximum atomic E-state index is 8.04. The van der Waals surface area contributed by atoms with E-state index >= 15 is 0 Å². The Morgan fingerprint density at radius 3 is 3.36 bits per heavy atom. The summed E-state index contributed by atoms with van der Waals surface area (Å²) in [6, 6.07) is 0.0769. The molecule has 0 spiro atoms. The van der Waals surface area contributed by atoms with E-state index in [1.165, 1.54) is 6.40 Å². The van der Waals surface area contributed by atoms with E-state index in [0.717, 1.165) is 0 Å². The van der Waals surface area contributed by atoms with Crippen LogP contribution in [0.1, 0.15) is 6.42 Å². The van der Waals surface area contributed by atoms with Crippen LogP contribution in [0.5, 0.6) is 0 Å². The Morgan fingerprint density at radius 2 is 2.82 bits per heavy atom. The van der Waals surface area contributed by atoms with Gasteiger partial charge in [0.1, 0.15) is 6.61 Å². The third-order valence-corrected chi connectivity index (χ3v) is 1.29. The normalized spacial score (nSPS) is 20.5. The molecule has 0 saturated heterocycles. The Bertz CT molecular complexity index is 229. The number of nitrogens with zero attached hydrogens (tertiary/aromatic N) is 4. The van der Waals surface area contributed by atoms with E-state index in [1.807, 2.05) is 0 Å². The molecule has 0 saturated carbocycles. The van der Waals surface area contributed by atoms with Gasteiger partial charge in [-0.25, -0.2) is 0 Å². The number of aliphatic imine (C=N–C) groups is 1. The van der Waals surface area contributed by atoms with Crippen molar-refractivity contribution in [3.05, 3.63) is 22.7 Å². The summed E-state index contributed by atoms with van der Waals surface area (Å²) in [7, 11) is 0. The van der Waals surface area contributed by atoms with Crippen LogP contribution < -0.4 is 0 Å². The topological polar surface area (TPSA) is 70.4 Å². The molecule has 1 aliphatic rings. The van der Waals surface area contributed by atoms with Gasteiger partial charge in [-0.1, -0.05) is 11.7 Å². The molecule has 1 unspecified atom stereocenters. The summed E-state index contributed by atoms with van der Waals surface area (Å²) in [5.41, 5.74) is 8.54. The highest BCUT2D eigenvalue weighted by Crippen LogP contribution is 2.11. The summed E-state index contributed by atoms with van der Waals surface area (Å²) in [6.07, 6.45) is 1.98. The molecule has 0 radical (unpaired) electrons. The van der Waals surface area contributed by atoms with Crippen molar-refractivity contribution in [1.29, 1.82) is 0 Å². The van der Waals surface area contributed by atoms with Crippen molar-refractivity contribution in [3.63, 3.8) is 0 Å². The average molecular weight is 152 g/mol. The lowest BCUT2D eigenvalue weighted by Crippen LogP contribution is -2.05. The molecule has 0 amide bonds. The molecule has 58 valence electrons. The largest absolute Gasteiger partial charge is 0.481 e. The number of ether oxygens (including phenoxy) is 1. The lowest BCUT2D eigenvalue weighted by atomic mass is 10.2. The summed E-state index contributed by atoms with van der Waals surface area (Å²) in [5.74, 6) is 0. The van der Waals surface area contributed by atoms with Gasteiger partial charge in [0.15, 0.2) is 6.40 Å². The first-order valence-electron chi connectivity index (χ1n) is 3.19. The zero-order valence-corrected chi connectivity index (χ0v) is 5.97. The lowest BCUT2D eigenvalue weighted by Gasteiger charge is -2.02. The fraction of sp³-hybridized carbons (Fsp3) is 0.500. The Kier molecular flexibility index (Phi) is 2.52. The van der Waals surface area contributed by atoms with Crippen LogP contribution in [-0.2, 0) is 4.74 Å². The van der Waals surface area contributed by atoms with Gasteiger partial charge in [0, 0.05) is 17.0 Å². The van der Waals surface area contributed by atoms with Gasteiger partial charge < -0.3 is 4.74 Å². The fourth-order valence-electron chi connectivity index (χ4n) is 0.814. The van der Waals surface area contributed by atoms with E-state index in [0.29, 0.717) is 18.7 Å². The van der Waals surface area contributed by atoms with Crippen molar-refractivity contribution in [2.75, 3.05) is 6.61 Å². The molecule has 5 nitrogen and oxygen atoms in total. The number of rotatable bonds is 3. The molecule has 0 aromatic rings. The van der Waals surface area contributed by atoms with Crippen LogP contribution in [0.4, 0.5) is 0 Å². The van der Waals surface area contributed by atoms with Gasteiger partial charge in [-0.05, 0) is 5.53 Å². The minimum absolute atomic E-state index is 0.0769. The molecule has 1 aliphatic heterocycles. The Hall–Kier alpha value is -1.48. The second-order valence-electron chi connectivity index (χ2n) is 2.20. The van der Waals surface area contributed by atoms with Crippen molar-refractivity contribution in [2.24, 2.45) is 10.1 Å². The van der Waals surface area contributed by atoms with Gasteiger partial charge >= 0.3 is 0 Å². The second kappa shape index (κ2) is 3.63. The van der Waals surface area contributed by atoms with E-state index in [4.69, 9.17) is 10.3 Å². The maximum absolute atomic E-state index is 8.04. The van der Waals surface area contributed by atoms with Gasteiger partial charge in [0.25, 0.3) is 0 Å². The zero-order chi connectivity index (χ0) is 8.10. The minimum atomic E-state index is 0.0769. The predicted octanol–water partition coefficient (Wildman–Crippen LogP) is 1.63. The highest BCUT2D eigenvalue weighted by Gasteiger charge is 2.11. The van der Waals surface area contributed by atoms with Gasteiger partial charge in [-0.2, -0.15) is 0 Å². The van der Waals surface area contributed by atoms with Crippen LogP contribution in [0.3, 0.4) is 0 Å². The monoisotopic (exact) mass is 152 g/mol. The van der Waals surface area contributed by atoms with Crippen LogP contribution in [0.25, 0.3) is 10.4 Å². The van der Waals surface area contributed by atoms with Crippen LogP contribution in [-0.4, -0.2) is 19.0 Å². The molecule has 1 rings (SSSR count).